The molecule has 22 heavy (non-hydrogen) atoms. The second-order valence-corrected chi connectivity index (χ2v) is 6.27. The van der Waals surface area contributed by atoms with Gasteiger partial charge in [0.1, 0.15) is 0 Å². The van der Waals surface area contributed by atoms with Crippen LogP contribution < -0.4 is 5.32 Å². The smallest absolute Gasteiger partial charge is 0.234 e. The molecule has 1 N–H and O–H groups in total. The van der Waals surface area contributed by atoms with Crippen LogP contribution in [0.1, 0.15) is 49.3 Å². The number of nitrogens with zero attached hydrogens (tertiary/aromatic N) is 2. The largest absolute Gasteiger partial charge is 0.354 e. The molecule has 0 saturated heterocycles. The van der Waals surface area contributed by atoms with Gasteiger partial charge in [-0.05, 0) is 43.2 Å². The molecule has 4 nitrogen and oxygen atoms in total. The number of amides is 1. The van der Waals surface area contributed by atoms with E-state index in [1.54, 1.807) is 0 Å². The first-order valence-corrected chi connectivity index (χ1v) is 8.27. The van der Waals surface area contributed by atoms with E-state index in [9.17, 15) is 4.79 Å². The summed E-state index contributed by atoms with van der Waals surface area (Å²) in [6.07, 6.45) is 6.26. The van der Waals surface area contributed by atoms with Gasteiger partial charge in [-0.2, -0.15) is 5.26 Å². The molecule has 2 aliphatic rings. The maximum atomic E-state index is 12.2. The summed E-state index contributed by atoms with van der Waals surface area (Å²) in [6.45, 7) is 0.907. The lowest BCUT2D eigenvalue weighted by molar-refractivity contribution is -0.123. The van der Waals surface area contributed by atoms with E-state index in [0.29, 0.717) is 31.6 Å². The topological polar surface area (TPSA) is 56.1 Å². The highest BCUT2D eigenvalue weighted by Gasteiger charge is 2.37. The fourth-order valence-corrected chi connectivity index (χ4v) is 3.45. The van der Waals surface area contributed by atoms with Crippen LogP contribution in [-0.4, -0.2) is 29.9 Å². The van der Waals surface area contributed by atoms with E-state index in [4.69, 9.17) is 5.26 Å². The molecular weight excluding hydrogens is 274 g/mol. The van der Waals surface area contributed by atoms with Crippen LogP contribution in [0.15, 0.2) is 24.3 Å². The average molecular weight is 297 g/mol. The van der Waals surface area contributed by atoms with Crippen LogP contribution in [0, 0.1) is 11.3 Å². The predicted octanol–water partition coefficient (Wildman–Crippen LogP) is 2.56. The molecule has 116 valence electrons. The third kappa shape index (κ3) is 3.48. The molecule has 0 heterocycles. The Labute approximate surface area is 132 Å². The highest BCUT2D eigenvalue weighted by molar-refractivity contribution is 5.78. The summed E-state index contributed by atoms with van der Waals surface area (Å²) in [6, 6.07) is 11.6. The van der Waals surface area contributed by atoms with E-state index in [1.807, 2.05) is 0 Å². The summed E-state index contributed by atoms with van der Waals surface area (Å²) in [5, 5.41) is 11.4. The van der Waals surface area contributed by atoms with Crippen molar-refractivity contribution < 1.29 is 4.79 Å². The number of carbonyl (C=O) groups is 1. The Kier molecular flexibility index (Phi) is 4.74. The minimum atomic E-state index is 0.0465. The van der Waals surface area contributed by atoms with E-state index in [2.05, 4.69) is 40.6 Å². The summed E-state index contributed by atoms with van der Waals surface area (Å²) < 4.78 is 0. The van der Waals surface area contributed by atoms with Gasteiger partial charge in [0.05, 0.1) is 19.0 Å². The Hall–Kier alpha value is -1.86. The molecule has 0 spiro atoms. The Morgan fingerprint density at radius 2 is 2.14 bits per heavy atom. The number of carbonyl (C=O) groups excluding carboxylic acids is 1. The zero-order valence-corrected chi connectivity index (χ0v) is 12.9. The molecule has 3 rings (SSSR count). The molecule has 0 aromatic heterocycles. The maximum Gasteiger partial charge on any atom is 0.234 e. The van der Waals surface area contributed by atoms with Crippen LogP contribution in [-0.2, 0) is 11.2 Å². The second kappa shape index (κ2) is 6.93. The molecule has 1 aromatic carbocycles. The molecule has 2 aliphatic carbocycles. The van der Waals surface area contributed by atoms with E-state index in [-0.39, 0.29) is 5.91 Å². The number of nitrogens with one attached hydrogen (secondary N) is 1. The van der Waals surface area contributed by atoms with Gasteiger partial charge in [0.15, 0.2) is 0 Å². The van der Waals surface area contributed by atoms with Gasteiger partial charge in [0.2, 0.25) is 5.91 Å². The third-order valence-corrected chi connectivity index (χ3v) is 4.64. The van der Waals surface area contributed by atoms with E-state index in [0.717, 1.165) is 12.8 Å². The van der Waals surface area contributed by atoms with Crippen molar-refractivity contribution in [1.29, 1.82) is 5.26 Å². The predicted molar refractivity (Wildman–Crippen MR) is 85.1 cm³/mol. The number of hydrogen-bond donors (Lipinski definition) is 1. The fraction of sp³-hybridized carbons (Fsp3) is 0.556. The molecule has 0 radical (unpaired) electrons. The molecule has 1 fully saturated rings. The van der Waals surface area contributed by atoms with Crippen molar-refractivity contribution in [2.45, 2.75) is 50.6 Å². The Morgan fingerprint density at radius 1 is 1.32 bits per heavy atom. The Bertz CT molecular complexity index is 574. The second-order valence-electron chi connectivity index (χ2n) is 6.27. The van der Waals surface area contributed by atoms with E-state index >= 15 is 0 Å². The van der Waals surface area contributed by atoms with Gasteiger partial charge in [-0.25, -0.2) is 0 Å². The van der Waals surface area contributed by atoms with Crippen LogP contribution in [0.5, 0.6) is 0 Å². The van der Waals surface area contributed by atoms with Crippen LogP contribution in [0.3, 0.4) is 0 Å². The van der Waals surface area contributed by atoms with Crippen molar-refractivity contribution in [3.05, 3.63) is 35.4 Å². The quantitative estimate of drug-likeness (QED) is 0.821. The standard InChI is InChI=1S/C18H23N3O/c19-11-4-12-20-18(22)13-21(15-9-10-15)17-8-3-6-14-5-1-2-7-16(14)17/h1-2,5,7,15,17H,3-4,6,8-10,12-13H2,(H,20,22)/t17-/m1/s1. The number of benzene rings is 1. The van der Waals surface area contributed by atoms with Gasteiger partial charge in [-0.1, -0.05) is 24.3 Å². The molecule has 0 aliphatic heterocycles. The zero-order chi connectivity index (χ0) is 15.4. The molecule has 1 amide bonds. The lowest BCUT2D eigenvalue weighted by Gasteiger charge is -2.35. The van der Waals surface area contributed by atoms with Gasteiger partial charge in [-0.3, -0.25) is 9.69 Å². The minimum absolute atomic E-state index is 0.0465. The van der Waals surface area contributed by atoms with Gasteiger partial charge in [0.25, 0.3) is 0 Å². The first-order valence-electron chi connectivity index (χ1n) is 8.27. The molecule has 0 unspecified atom stereocenters. The van der Waals surface area contributed by atoms with Crippen molar-refractivity contribution >= 4 is 5.91 Å². The van der Waals surface area contributed by atoms with E-state index in [1.165, 1.54) is 30.4 Å². The lowest BCUT2D eigenvalue weighted by Crippen LogP contribution is -2.41. The summed E-state index contributed by atoms with van der Waals surface area (Å²) in [5.41, 5.74) is 2.85. The SMILES string of the molecule is N#CCCNC(=O)CN(C1CC1)[C@@H]1CCCc2ccccc21. The molecule has 4 heteroatoms. The zero-order valence-electron chi connectivity index (χ0n) is 12.9. The van der Waals surface area contributed by atoms with Crippen LogP contribution >= 0.6 is 0 Å². The van der Waals surface area contributed by atoms with Crippen LogP contribution in [0.25, 0.3) is 0 Å². The fourth-order valence-electron chi connectivity index (χ4n) is 3.45. The maximum absolute atomic E-state index is 12.2. The van der Waals surface area contributed by atoms with Crippen LogP contribution in [0.4, 0.5) is 0 Å². The third-order valence-electron chi connectivity index (χ3n) is 4.64. The number of aryl methyl sites for hydroxylation is 1. The monoisotopic (exact) mass is 297 g/mol. The number of nitriles is 1. The van der Waals surface area contributed by atoms with Gasteiger partial charge in [-0.15, -0.1) is 0 Å². The number of rotatable bonds is 6. The van der Waals surface area contributed by atoms with Crippen molar-refractivity contribution in [3.8, 4) is 6.07 Å². The number of fused-ring (bicyclic) bond motifs is 1. The molecule has 1 saturated carbocycles. The van der Waals surface area contributed by atoms with Gasteiger partial charge < -0.3 is 5.32 Å². The summed E-state index contributed by atoms with van der Waals surface area (Å²) in [5.74, 6) is 0.0465. The normalized spacial score (nSPS) is 20.3. The van der Waals surface area contributed by atoms with Crippen LogP contribution in [0.2, 0.25) is 0 Å². The minimum Gasteiger partial charge on any atom is -0.354 e. The molecule has 1 aromatic rings. The average Bonchev–Trinajstić information content (AvgIpc) is 3.37. The van der Waals surface area contributed by atoms with Crippen molar-refractivity contribution in [1.82, 2.24) is 10.2 Å². The Balaban J connectivity index is 1.70. The highest BCUT2D eigenvalue weighted by Crippen LogP contribution is 2.40. The van der Waals surface area contributed by atoms with Crippen molar-refractivity contribution in [3.63, 3.8) is 0 Å². The van der Waals surface area contributed by atoms with E-state index < -0.39 is 0 Å². The highest BCUT2D eigenvalue weighted by atomic mass is 16.2. The lowest BCUT2D eigenvalue weighted by atomic mass is 9.86. The summed E-state index contributed by atoms with van der Waals surface area (Å²) in [7, 11) is 0. The summed E-state index contributed by atoms with van der Waals surface area (Å²) in [4.78, 5) is 14.5. The molecule has 1 atom stereocenters. The summed E-state index contributed by atoms with van der Waals surface area (Å²) >= 11 is 0. The first kappa shape index (κ1) is 15.1. The number of hydrogen-bond acceptors (Lipinski definition) is 3. The van der Waals surface area contributed by atoms with Crippen molar-refractivity contribution in [2.75, 3.05) is 13.1 Å². The van der Waals surface area contributed by atoms with Gasteiger partial charge in [0, 0.05) is 18.6 Å². The van der Waals surface area contributed by atoms with Gasteiger partial charge >= 0.3 is 0 Å². The Morgan fingerprint density at radius 3 is 2.91 bits per heavy atom. The molecular formula is C18H23N3O. The van der Waals surface area contributed by atoms with Crippen molar-refractivity contribution in [2.24, 2.45) is 0 Å². The molecule has 0 bridgehead atoms. The first-order chi connectivity index (χ1) is 10.8.